The van der Waals surface area contributed by atoms with Crippen LogP contribution in [0.5, 0.6) is 10.9 Å². The molecule has 0 unspecified atom stereocenters. The molecule has 7 heteroatoms. The fourth-order valence-corrected chi connectivity index (χ4v) is 2.03. The summed E-state index contributed by atoms with van der Waals surface area (Å²) >= 11 is 1.32. The Balaban J connectivity index is 1.87. The normalized spacial score (nSPS) is 10.6. The number of nitrogens with one attached hydrogen (secondary N) is 1. The average Bonchev–Trinajstić information content (AvgIpc) is 2.82. The molecule has 1 heterocycles. The van der Waals surface area contributed by atoms with Crippen molar-refractivity contribution in [3.63, 3.8) is 0 Å². The van der Waals surface area contributed by atoms with Crippen LogP contribution in [0, 0.1) is 5.82 Å². The van der Waals surface area contributed by atoms with Crippen molar-refractivity contribution in [2.45, 2.75) is 6.54 Å². The highest BCUT2D eigenvalue weighted by atomic mass is 32.1. The van der Waals surface area contributed by atoms with E-state index in [-0.39, 0.29) is 5.82 Å². The fraction of sp³-hybridized carbons (Fsp3) is 0.333. The summed E-state index contributed by atoms with van der Waals surface area (Å²) < 4.78 is 23.3. The van der Waals surface area contributed by atoms with Crippen molar-refractivity contribution in [2.75, 3.05) is 20.3 Å². The molecule has 5 nitrogen and oxygen atoms in total. The second kappa shape index (κ2) is 7.13. The number of benzene rings is 1. The van der Waals surface area contributed by atoms with Crippen molar-refractivity contribution in [2.24, 2.45) is 0 Å². The van der Waals surface area contributed by atoms with E-state index in [2.05, 4.69) is 15.5 Å². The zero-order valence-electron chi connectivity index (χ0n) is 10.4. The number of halogens is 1. The minimum Gasteiger partial charge on any atom is -0.430 e. The first-order valence-corrected chi connectivity index (χ1v) is 6.55. The highest BCUT2D eigenvalue weighted by Gasteiger charge is 2.06. The monoisotopic (exact) mass is 283 g/mol. The molecular formula is C12H14FN3O2S. The number of hydrogen-bond acceptors (Lipinski definition) is 6. The minimum absolute atomic E-state index is 0.344. The van der Waals surface area contributed by atoms with E-state index in [1.807, 2.05) is 0 Å². The van der Waals surface area contributed by atoms with Gasteiger partial charge in [-0.25, -0.2) is 4.39 Å². The Kier molecular flexibility index (Phi) is 5.20. The van der Waals surface area contributed by atoms with Crippen molar-refractivity contribution in [1.29, 1.82) is 0 Å². The van der Waals surface area contributed by atoms with Gasteiger partial charge in [-0.1, -0.05) is 22.5 Å². The zero-order valence-corrected chi connectivity index (χ0v) is 11.2. The summed E-state index contributed by atoms with van der Waals surface area (Å²) in [5.41, 5.74) is 0. The summed E-state index contributed by atoms with van der Waals surface area (Å²) in [6.07, 6.45) is 0. The Morgan fingerprint density at radius 2 is 2.26 bits per heavy atom. The van der Waals surface area contributed by atoms with Gasteiger partial charge in [-0.3, -0.25) is 0 Å². The molecule has 0 aliphatic heterocycles. The molecule has 0 saturated carbocycles. The van der Waals surface area contributed by atoms with Gasteiger partial charge in [0.2, 0.25) is 0 Å². The summed E-state index contributed by atoms with van der Waals surface area (Å²) in [7, 11) is 1.65. The number of methoxy groups -OCH3 is 1. The largest absolute Gasteiger partial charge is 0.430 e. The SMILES string of the molecule is COCCNCc1nnc(Oc2cccc(F)c2)s1. The van der Waals surface area contributed by atoms with Crippen molar-refractivity contribution in [3.05, 3.63) is 35.1 Å². The van der Waals surface area contributed by atoms with Crippen LogP contribution in [0.25, 0.3) is 0 Å². The Morgan fingerprint density at radius 1 is 1.37 bits per heavy atom. The van der Waals surface area contributed by atoms with Gasteiger partial charge in [0.15, 0.2) is 0 Å². The van der Waals surface area contributed by atoms with Crippen LogP contribution in [0.4, 0.5) is 4.39 Å². The number of rotatable bonds is 7. The lowest BCUT2D eigenvalue weighted by molar-refractivity contribution is 0.199. The first-order valence-electron chi connectivity index (χ1n) is 5.73. The van der Waals surface area contributed by atoms with Crippen LogP contribution in [0.15, 0.2) is 24.3 Å². The van der Waals surface area contributed by atoms with Crippen LogP contribution in [-0.4, -0.2) is 30.5 Å². The minimum atomic E-state index is -0.344. The summed E-state index contributed by atoms with van der Waals surface area (Å²) in [6.45, 7) is 2.00. The van der Waals surface area contributed by atoms with Gasteiger partial charge < -0.3 is 14.8 Å². The van der Waals surface area contributed by atoms with Crippen LogP contribution in [0.3, 0.4) is 0 Å². The van der Waals surface area contributed by atoms with Gasteiger partial charge in [-0.2, -0.15) is 0 Å². The van der Waals surface area contributed by atoms with E-state index in [9.17, 15) is 4.39 Å². The molecule has 102 valence electrons. The number of hydrogen-bond donors (Lipinski definition) is 1. The lowest BCUT2D eigenvalue weighted by Gasteiger charge is -2.00. The third kappa shape index (κ3) is 4.55. The third-order valence-corrected chi connectivity index (χ3v) is 3.01. The second-order valence-corrected chi connectivity index (χ2v) is 4.72. The first-order chi connectivity index (χ1) is 9.28. The molecular weight excluding hydrogens is 269 g/mol. The van der Waals surface area contributed by atoms with E-state index < -0.39 is 0 Å². The van der Waals surface area contributed by atoms with Crippen molar-refractivity contribution in [3.8, 4) is 10.9 Å². The second-order valence-electron chi connectivity index (χ2n) is 3.69. The van der Waals surface area contributed by atoms with E-state index in [1.54, 1.807) is 19.2 Å². The molecule has 1 aromatic carbocycles. The van der Waals surface area contributed by atoms with E-state index in [0.29, 0.717) is 24.1 Å². The smallest absolute Gasteiger partial charge is 0.299 e. The van der Waals surface area contributed by atoms with Gasteiger partial charge in [0.25, 0.3) is 5.19 Å². The summed E-state index contributed by atoms with van der Waals surface area (Å²) in [4.78, 5) is 0. The van der Waals surface area contributed by atoms with Crippen molar-refractivity contribution in [1.82, 2.24) is 15.5 Å². The summed E-state index contributed by atoms with van der Waals surface area (Å²) in [5, 5.41) is 12.2. The molecule has 0 aliphatic rings. The summed E-state index contributed by atoms with van der Waals surface area (Å²) in [5.74, 6) is 0.0681. The molecule has 1 aromatic heterocycles. The molecule has 2 rings (SSSR count). The third-order valence-electron chi connectivity index (χ3n) is 2.21. The van der Waals surface area contributed by atoms with Crippen molar-refractivity contribution >= 4 is 11.3 Å². The Hall–Kier alpha value is -1.57. The Morgan fingerprint density at radius 3 is 3.05 bits per heavy atom. The maximum absolute atomic E-state index is 13.0. The van der Waals surface area contributed by atoms with E-state index in [1.165, 1.54) is 23.5 Å². The van der Waals surface area contributed by atoms with Gasteiger partial charge in [0, 0.05) is 26.3 Å². The molecule has 0 atom stereocenters. The van der Waals surface area contributed by atoms with Crippen LogP contribution in [-0.2, 0) is 11.3 Å². The quantitative estimate of drug-likeness (QED) is 0.790. The van der Waals surface area contributed by atoms with Gasteiger partial charge in [-0.15, -0.1) is 5.10 Å². The lowest BCUT2D eigenvalue weighted by Crippen LogP contribution is -2.18. The van der Waals surface area contributed by atoms with Gasteiger partial charge in [-0.05, 0) is 12.1 Å². The predicted molar refractivity (Wildman–Crippen MR) is 70.0 cm³/mol. The molecule has 0 bridgehead atoms. The van der Waals surface area contributed by atoms with Crippen molar-refractivity contribution < 1.29 is 13.9 Å². The van der Waals surface area contributed by atoms with Crippen LogP contribution in [0.1, 0.15) is 5.01 Å². The maximum Gasteiger partial charge on any atom is 0.299 e. The predicted octanol–water partition coefficient (Wildman–Crippen LogP) is 2.21. The molecule has 1 N–H and O–H groups in total. The van der Waals surface area contributed by atoms with E-state index in [4.69, 9.17) is 9.47 Å². The molecule has 19 heavy (non-hydrogen) atoms. The van der Waals surface area contributed by atoms with Crippen LogP contribution >= 0.6 is 11.3 Å². The Labute approximate surface area is 114 Å². The Bertz CT molecular complexity index is 521. The molecule has 0 amide bonds. The standard InChI is InChI=1S/C12H14FN3O2S/c1-17-6-5-14-8-11-15-16-12(19-11)18-10-4-2-3-9(13)7-10/h2-4,7,14H,5-6,8H2,1H3. The van der Waals surface area contributed by atoms with Gasteiger partial charge in [0.05, 0.1) is 6.61 Å². The van der Waals surface area contributed by atoms with Crippen LogP contribution < -0.4 is 10.1 Å². The zero-order chi connectivity index (χ0) is 13.5. The lowest BCUT2D eigenvalue weighted by atomic mass is 10.3. The number of nitrogens with zero attached hydrogens (tertiary/aromatic N) is 2. The molecule has 0 radical (unpaired) electrons. The number of ether oxygens (including phenoxy) is 2. The van der Waals surface area contributed by atoms with Gasteiger partial charge >= 0.3 is 0 Å². The molecule has 0 spiro atoms. The molecule has 0 saturated heterocycles. The first kappa shape index (κ1) is 13.9. The van der Waals surface area contributed by atoms with E-state index >= 15 is 0 Å². The van der Waals surface area contributed by atoms with Crippen LogP contribution in [0.2, 0.25) is 0 Å². The molecule has 0 fully saturated rings. The molecule has 0 aliphatic carbocycles. The van der Waals surface area contributed by atoms with E-state index in [0.717, 1.165) is 11.6 Å². The fourth-order valence-electron chi connectivity index (χ4n) is 1.35. The maximum atomic E-state index is 13.0. The topological polar surface area (TPSA) is 56.3 Å². The average molecular weight is 283 g/mol. The highest BCUT2D eigenvalue weighted by Crippen LogP contribution is 2.25. The summed E-state index contributed by atoms with van der Waals surface area (Å²) in [6, 6.07) is 5.91. The highest BCUT2D eigenvalue weighted by molar-refractivity contribution is 7.13. The molecule has 2 aromatic rings. The van der Waals surface area contributed by atoms with Gasteiger partial charge in [0.1, 0.15) is 16.6 Å². The number of aromatic nitrogens is 2.